The average molecular weight is 226 g/mol. The second-order valence-corrected chi connectivity index (χ2v) is 5.20. The van der Waals surface area contributed by atoms with Gasteiger partial charge >= 0.3 is 0 Å². The van der Waals surface area contributed by atoms with Gasteiger partial charge in [-0.2, -0.15) is 0 Å². The minimum Gasteiger partial charge on any atom is -0.352 e. The fourth-order valence-corrected chi connectivity index (χ4v) is 2.40. The number of amides is 1. The van der Waals surface area contributed by atoms with Gasteiger partial charge in [0, 0.05) is 11.6 Å². The summed E-state index contributed by atoms with van der Waals surface area (Å²) in [6.07, 6.45) is 7.00. The lowest BCUT2D eigenvalue weighted by molar-refractivity contribution is -0.121. The van der Waals surface area contributed by atoms with Crippen LogP contribution in [-0.2, 0) is 4.79 Å². The van der Waals surface area contributed by atoms with Crippen LogP contribution in [0.4, 0.5) is 0 Å². The molecule has 0 aromatic carbocycles. The average Bonchev–Trinajstić information content (AvgIpc) is 2.71. The van der Waals surface area contributed by atoms with E-state index in [0.717, 1.165) is 12.8 Å². The Morgan fingerprint density at radius 2 is 1.81 bits per heavy atom. The number of hydrogen-bond donors (Lipinski definition) is 2. The lowest BCUT2D eigenvalue weighted by atomic mass is 10.0. The molecule has 0 aromatic rings. The molecule has 3 nitrogen and oxygen atoms in total. The van der Waals surface area contributed by atoms with Gasteiger partial charge in [0.05, 0.1) is 6.54 Å². The molecule has 0 heterocycles. The van der Waals surface area contributed by atoms with Gasteiger partial charge in [-0.1, -0.05) is 26.7 Å². The monoisotopic (exact) mass is 226 g/mol. The van der Waals surface area contributed by atoms with Crippen LogP contribution in [0.5, 0.6) is 0 Å². The highest BCUT2D eigenvalue weighted by Gasteiger charge is 2.28. The third-order valence-corrected chi connectivity index (χ3v) is 3.73. The summed E-state index contributed by atoms with van der Waals surface area (Å²) in [4.78, 5) is 11.7. The first-order valence-electron chi connectivity index (χ1n) is 6.64. The molecule has 3 heteroatoms. The first kappa shape index (κ1) is 13.5. The highest BCUT2D eigenvalue weighted by molar-refractivity contribution is 5.78. The zero-order valence-electron chi connectivity index (χ0n) is 10.9. The van der Waals surface area contributed by atoms with Crippen molar-refractivity contribution in [3.8, 4) is 0 Å². The molecule has 0 unspecified atom stereocenters. The highest BCUT2D eigenvalue weighted by Crippen LogP contribution is 2.28. The second-order valence-electron chi connectivity index (χ2n) is 5.20. The van der Waals surface area contributed by atoms with Crippen LogP contribution in [-0.4, -0.2) is 24.0 Å². The molecule has 1 rings (SSSR count). The number of nitrogens with one attached hydrogen (secondary N) is 2. The van der Waals surface area contributed by atoms with Gasteiger partial charge in [-0.3, -0.25) is 4.79 Å². The van der Waals surface area contributed by atoms with E-state index < -0.39 is 0 Å². The van der Waals surface area contributed by atoms with Gasteiger partial charge in [0.1, 0.15) is 0 Å². The first-order valence-corrected chi connectivity index (χ1v) is 6.64. The Morgan fingerprint density at radius 3 is 2.31 bits per heavy atom. The quantitative estimate of drug-likeness (QED) is 0.729. The summed E-state index contributed by atoms with van der Waals surface area (Å²) in [6.45, 7) is 6.91. The Balaban J connectivity index is 2.24. The maximum Gasteiger partial charge on any atom is 0.234 e. The number of hydrogen-bond acceptors (Lipinski definition) is 2. The van der Waals surface area contributed by atoms with Crippen molar-refractivity contribution >= 4 is 5.91 Å². The Bertz CT molecular complexity index is 218. The van der Waals surface area contributed by atoms with Crippen molar-refractivity contribution in [2.75, 3.05) is 6.54 Å². The summed E-state index contributed by atoms with van der Waals surface area (Å²) in [7, 11) is 0. The Morgan fingerprint density at radius 1 is 1.25 bits per heavy atom. The maximum absolute atomic E-state index is 11.7. The predicted octanol–water partition coefficient (Wildman–Crippen LogP) is 2.21. The lowest BCUT2D eigenvalue weighted by Gasteiger charge is -2.25. The summed E-state index contributed by atoms with van der Waals surface area (Å²) < 4.78 is 0. The highest BCUT2D eigenvalue weighted by atomic mass is 16.2. The summed E-state index contributed by atoms with van der Waals surface area (Å²) >= 11 is 0. The molecule has 0 aliphatic heterocycles. The van der Waals surface area contributed by atoms with Crippen molar-refractivity contribution in [3.05, 3.63) is 0 Å². The third kappa shape index (κ3) is 4.12. The summed E-state index contributed by atoms with van der Waals surface area (Å²) in [5.41, 5.74) is 0.200. The van der Waals surface area contributed by atoms with Crippen molar-refractivity contribution in [2.24, 2.45) is 0 Å². The van der Waals surface area contributed by atoms with E-state index in [4.69, 9.17) is 0 Å². The molecule has 1 aliphatic carbocycles. The number of carbonyl (C=O) groups is 1. The van der Waals surface area contributed by atoms with E-state index in [0.29, 0.717) is 12.6 Å². The van der Waals surface area contributed by atoms with Crippen molar-refractivity contribution in [1.29, 1.82) is 0 Å². The van der Waals surface area contributed by atoms with E-state index in [9.17, 15) is 4.79 Å². The lowest BCUT2D eigenvalue weighted by Crippen LogP contribution is -2.47. The molecule has 2 N–H and O–H groups in total. The molecule has 0 aromatic heterocycles. The van der Waals surface area contributed by atoms with Gasteiger partial charge in [-0.15, -0.1) is 0 Å². The van der Waals surface area contributed by atoms with Crippen molar-refractivity contribution in [3.63, 3.8) is 0 Å². The molecular weight excluding hydrogens is 200 g/mol. The van der Waals surface area contributed by atoms with Crippen molar-refractivity contribution in [1.82, 2.24) is 10.6 Å². The third-order valence-electron chi connectivity index (χ3n) is 3.73. The van der Waals surface area contributed by atoms with E-state index in [1.165, 1.54) is 25.7 Å². The Labute approximate surface area is 99.4 Å². The fourth-order valence-electron chi connectivity index (χ4n) is 2.40. The molecule has 1 fully saturated rings. The van der Waals surface area contributed by atoms with Gasteiger partial charge in [-0.05, 0) is 32.6 Å². The van der Waals surface area contributed by atoms with E-state index in [1.54, 1.807) is 0 Å². The molecule has 0 atom stereocenters. The summed E-state index contributed by atoms with van der Waals surface area (Å²) in [5.74, 6) is 0.141. The van der Waals surface area contributed by atoms with Crippen LogP contribution < -0.4 is 10.6 Å². The van der Waals surface area contributed by atoms with Gasteiger partial charge in [0.2, 0.25) is 5.91 Å². The minimum atomic E-state index is 0.141. The predicted molar refractivity (Wildman–Crippen MR) is 67.4 cm³/mol. The number of carbonyl (C=O) groups excluding carboxylic acids is 1. The van der Waals surface area contributed by atoms with Gasteiger partial charge < -0.3 is 10.6 Å². The van der Waals surface area contributed by atoms with Crippen LogP contribution in [0.25, 0.3) is 0 Å². The van der Waals surface area contributed by atoms with E-state index in [2.05, 4.69) is 31.4 Å². The topological polar surface area (TPSA) is 41.1 Å². The summed E-state index contributed by atoms with van der Waals surface area (Å²) in [5, 5.41) is 6.46. The fraction of sp³-hybridized carbons (Fsp3) is 0.923. The zero-order chi connectivity index (χ0) is 12.0. The normalized spacial score (nSPS) is 19.0. The van der Waals surface area contributed by atoms with Crippen LogP contribution >= 0.6 is 0 Å². The second kappa shape index (κ2) is 6.24. The van der Waals surface area contributed by atoms with Gasteiger partial charge in [0.15, 0.2) is 0 Å². The van der Waals surface area contributed by atoms with Crippen LogP contribution in [0.1, 0.15) is 59.3 Å². The smallest absolute Gasteiger partial charge is 0.234 e. The molecule has 94 valence electrons. The molecule has 0 bridgehead atoms. The van der Waals surface area contributed by atoms with E-state index >= 15 is 0 Å². The molecule has 0 radical (unpaired) electrons. The first-order chi connectivity index (χ1) is 7.59. The molecule has 1 saturated carbocycles. The molecule has 0 saturated heterocycles. The standard InChI is InChI=1S/C13H26N2O/c1-4-11(5-2)15-12(16)10-14-13(3)8-6-7-9-13/h11,14H,4-10H2,1-3H3,(H,15,16). The molecule has 1 aliphatic rings. The molecule has 1 amide bonds. The van der Waals surface area contributed by atoms with Gasteiger partial charge in [-0.25, -0.2) is 0 Å². The van der Waals surface area contributed by atoms with E-state index in [1.807, 2.05) is 0 Å². The molecular formula is C13H26N2O. The Hall–Kier alpha value is -0.570. The van der Waals surface area contributed by atoms with Crippen molar-refractivity contribution < 1.29 is 4.79 Å². The van der Waals surface area contributed by atoms with Gasteiger partial charge in [0.25, 0.3) is 0 Å². The zero-order valence-corrected chi connectivity index (χ0v) is 10.9. The largest absolute Gasteiger partial charge is 0.352 e. The van der Waals surface area contributed by atoms with Crippen LogP contribution in [0.15, 0.2) is 0 Å². The molecule has 0 spiro atoms. The van der Waals surface area contributed by atoms with E-state index in [-0.39, 0.29) is 11.4 Å². The Kier molecular flexibility index (Phi) is 5.26. The number of rotatable bonds is 6. The maximum atomic E-state index is 11.7. The summed E-state index contributed by atoms with van der Waals surface area (Å²) in [6, 6.07) is 0.339. The van der Waals surface area contributed by atoms with Crippen LogP contribution in [0, 0.1) is 0 Å². The molecule has 16 heavy (non-hydrogen) atoms. The SMILES string of the molecule is CCC(CC)NC(=O)CNC1(C)CCCC1. The van der Waals surface area contributed by atoms with Crippen LogP contribution in [0.2, 0.25) is 0 Å². The minimum absolute atomic E-state index is 0.141. The van der Waals surface area contributed by atoms with Crippen molar-refractivity contribution in [2.45, 2.75) is 70.9 Å². The van der Waals surface area contributed by atoms with Crippen LogP contribution in [0.3, 0.4) is 0 Å².